The number of guanidine groups is 1. The minimum Gasteiger partial charge on any atom is -0.489 e. The van der Waals surface area contributed by atoms with Gasteiger partial charge in [-0.15, -0.1) is 0 Å². The first-order valence-electron chi connectivity index (χ1n) is 9.57. The summed E-state index contributed by atoms with van der Waals surface area (Å²) in [6, 6.07) is 14.0. The van der Waals surface area contributed by atoms with Crippen LogP contribution in [0.1, 0.15) is 28.3 Å². The van der Waals surface area contributed by atoms with Crippen LogP contribution in [-0.4, -0.2) is 10.9 Å². The molecule has 0 saturated carbocycles. The monoisotopic (exact) mass is 478 g/mol. The lowest BCUT2D eigenvalue weighted by atomic mass is 9.95. The van der Waals surface area contributed by atoms with Gasteiger partial charge in [0.05, 0.1) is 15.7 Å². The van der Waals surface area contributed by atoms with Crippen LogP contribution < -0.4 is 26.8 Å². The van der Waals surface area contributed by atoms with Crippen molar-refractivity contribution in [3.63, 3.8) is 0 Å². The molecule has 9 nitrogen and oxygen atoms in total. The van der Waals surface area contributed by atoms with Gasteiger partial charge in [0.2, 0.25) is 5.96 Å². The van der Waals surface area contributed by atoms with E-state index in [1.165, 1.54) is 0 Å². The van der Waals surface area contributed by atoms with Crippen molar-refractivity contribution < 1.29 is 4.74 Å². The predicted molar refractivity (Wildman–Crippen MR) is 127 cm³/mol. The largest absolute Gasteiger partial charge is 0.489 e. The van der Waals surface area contributed by atoms with Crippen LogP contribution in [0, 0.1) is 22.8 Å². The summed E-state index contributed by atoms with van der Waals surface area (Å²) in [5.41, 5.74) is 14.0. The number of aliphatic imine (C=N–C) groups is 1. The summed E-state index contributed by atoms with van der Waals surface area (Å²) < 4.78 is 5.83. The highest BCUT2D eigenvalue weighted by Gasteiger charge is 2.32. The number of ether oxygens (including phenoxy) is 1. The summed E-state index contributed by atoms with van der Waals surface area (Å²) in [7, 11) is 0. The minimum atomic E-state index is -0.861. The van der Waals surface area contributed by atoms with Crippen molar-refractivity contribution in [3.05, 3.63) is 74.8 Å². The van der Waals surface area contributed by atoms with E-state index in [0.717, 1.165) is 5.56 Å². The molecule has 1 aromatic heterocycles. The van der Waals surface area contributed by atoms with Crippen molar-refractivity contribution in [2.45, 2.75) is 12.6 Å². The number of halogens is 2. The van der Waals surface area contributed by atoms with E-state index in [1.807, 2.05) is 36.4 Å². The molecule has 1 aliphatic heterocycles. The minimum absolute atomic E-state index is 0.0162. The standard InChI is InChI=1S/C22H16Cl2N8O/c23-14-6-12(33-9-11-4-2-1-3-5-11)7-15(24)16(14)19-17-18(27)13(8-25)20(28)31-21(17)32-22(30-19)29-10-26/h1-7,19H,9H2,(H6,27,28,29,30,31,32). The number of aromatic nitrogens is 1. The number of pyridine rings is 1. The molecule has 1 aliphatic rings. The van der Waals surface area contributed by atoms with E-state index in [2.05, 4.69) is 20.6 Å². The number of nitrogens with two attached hydrogens (primary N) is 2. The molecule has 2 heterocycles. The first-order valence-corrected chi connectivity index (χ1v) is 10.3. The molecule has 0 fully saturated rings. The second kappa shape index (κ2) is 9.13. The fourth-order valence-corrected chi connectivity index (χ4v) is 4.11. The highest BCUT2D eigenvalue weighted by molar-refractivity contribution is 6.36. The smallest absolute Gasteiger partial charge is 0.211 e. The molecule has 6 N–H and O–H groups in total. The van der Waals surface area contributed by atoms with E-state index in [0.29, 0.717) is 23.5 Å². The molecule has 0 saturated heterocycles. The van der Waals surface area contributed by atoms with Gasteiger partial charge in [-0.25, -0.2) is 9.98 Å². The highest BCUT2D eigenvalue weighted by Crippen LogP contribution is 2.45. The Balaban J connectivity index is 1.78. The molecule has 0 amide bonds. The van der Waals surface area contributed by atoms with Gasteiger partial charge in [0, 0.05) is 11.1 Å². The molecular weight excluding hydrogens is 463 g/mol. The average Bonchev–Trinajstić information content (AvgIpc) is 2.78. The summed E-state index contributed by atoms with van der Waals surface area (Å²) in [4.78, 5) is 8.70. The molecule has 0 spiro atoms. The van der Waals surface area contributed by atoms with Crippen molar-refractivity contribution in [1.82, 2.24) is 10.3 Å². The molecule has 0 bridgehead atoms. The number of nitrogens with zero attached hydrogens (tertiary/aromatic N) is 4. The van der Waals surface area contributed by atoms with Crippen molar-refractivity contribution in [1.29, 1.82) is 10.5 Å². The van der Waals surface area contributed by atoms with Crippen LogP contribution in [0.4, 0.5) is 17.3 Å². The topological polar surface area (TPSA) is 158 Å². The number of hydrogen-bond acceptors (Lipinski definition) is 9. The summed E-state index contributed by atoms with van der Waals surface area (Å²) in [5.74, 6) is 0.744. The zero-order valence-electron chi connectivity index (χ0n) is 16.9. The van der Waals surface area contributed by atoms with Gasteiger partial charge in [0.15, 0.2) is 6.19 Å². The first-order chi connectivity index (χ1) is 15.9. The van der Waals surface area contributed by atoms with Crippen LogP contribution in [0.25, 0.3) is 0 Å². The van der Waals surface area contributed by atoms with Gasteiger partial charge in [-0.1, -0.05) is 53.5 Å². The molecule has 1 unspecified atom stereocenters. The Morgan fingerprint density at radius 2 is 1.79 bits per heavy atom. The Labute approximate surface area is 199 Å². The van der Waals surface area contributed by atoms with Crippen LogP contribution in [0.15, 0.2) is 47.5 Å². The predicted octanol–water partition coefficient (Wildman–Crippen LogP) is 3.95. The van der Waals surface area contributed by atoms with Gasteiger partial charge in [-0.2, -0.15) is 10.5 Å². The summed E-state index contributed by atoms with van der Waals surface area (Å²) in [6.45, 7) is 0.332. The Bertz CT molecular complexity index is 1320. The summed E-state index contributed by atoms with van der Waals surface area (Å²) in [6.07, 6.45) is 1.79. The number of benzene rings is 2. The van der Waals surface area contributed by atoms with Crippen molar-refractivity contribution in [3.8, 4) is 18.0 Å². The van der Waals surface area contributed by atoms with Crippen molar-refractivity contribution >= 4 is 46.5 Å². The maximum absolute atomic E-state index is 9.46. The van der Waals surface area contributed by atoms with Gasteiger partial charge in [-0.05, 0) is 17.7 Å². The molecule has 164 valence electrons. The fraction of sp³-hybridized carbons (Fsp3) is 0.0909. The van der Waals surface area contributed by atoms with Crippen LogP contribution in [0.5, 0.6) is 5.75 Å². The van der Waals surface area contributed by atoms with Crippen LogP contribution in [0.2, 0.25) is 10.0 Å². The lowest BCUT2D eigenvalue weighted by Gasteiger charge is -2.27. The number of nitriles is 2. The molecule has 33 heavy (non-hydrogen) atoms. The fourth-order valence-electron chi connectivity index (χ4n) is 3.44. The number of rotatable bonds is 4. The van der Waals surface area contributed by atoms with Gasteiger partial charge in [0.1, 0.15) is 41.7 Å². The van der Waals surface area contributed by atoms with E-state index in [4.69, 9.17) is 44.7 Å². The Kier molecular flexibility index (Phi) is 6.09. The summed E-state index contributed by atoms with van der Waals surface area (Å²) in [5, 5.41) is 24.3. The van der Waals surface area contributed by atoms with Crippen LogP contribution in [0.3, 0.4) is 0 Å². The maximum atomic E-state index is 9.46. The van der Waals surface area contributed by atoms with E-state index in [9.17, 15) is 5.26 Å². The third kappa shape index (κ3) is 4.28. The quantitative estimate of drug-likeness (QED) is 0.324. The van der Waals surface area contributed by atoms with Crippen molar-refractivity contribution in [2.75, 3.05) is 16.8 Å². The number of fused-ring (bicyclic) bond motifs is 1. The molecule has 11 heteroatoms. The van der Waals surface area contributed by atoms with Crippen molar-refractivity contribution in [2.24, 2.45) is 4.99 Å². The normalized spacial score (nSPS) is 14.2. The molecule has 0 radical (unpaired) electrons. The zero-order valence-corrected chi connectivity index (χ0v) is 18.4. The second-order valence-corrected chi connectivity index (χ2v) is 7.79. The van der Waals surface area contributed by atoms with Crippen LogP contribution >= 0.6 is 23.2 Å². The summed E-state index contributed by atoms with van der Waals surface area (Å²) >= 11 is 13.2. The lowest BCUT2D eigenvalue weighted by Crippen LogP contribution is -2.33. The van der Waals surface area contributed by atoms with E-state index in [-0.39, 0.29) is 38.9 Å². The number of nitrogen functional groups attached to an aromatic ring is 2. The lowest BCUT2D eigenvalue weighted by molar-refractivity contribution is 0.306. The maximum Gasteiger partial charge on any atom is 0.211 e. The molecular formula is C22H16Cl2N8O. The SMILES string of the molecule is N#CNC1=NC(c2c(Cl)cc(OCc3ccccc3)cc2Cl)c2c(nc(N)c(C#N)c2N)N1. The molecule has 3 aromatic rings. The Morgan fingerprint density at radius 1 is 1.09 bits per heavy atom. The first kappa shape index (κ1) is 22.0. The molecule has 2 aromatic carbocycles. The molecule has 0 aliphatic carbocycles. The van der Waals surface area contributed by atoms with Gasteiger partial charge in [0.25, 0.3) is 0 Å². The number of nitrogens with one attached hydrogen (secondary N) is 2. The average molecular weight is 479 g/mol. The van der Waals surface area contributed by atoms with E-state index >= 15 is 0 Å². The van der Waals surface area contributed by atoms with E-state index < -0.39 is 6.04 Å². The number of anilines is 3. The highest BCUT2D eigenvalue weighted by atomic mass is 35.5. The van der Waals surface area contributed by atoms with Crippen LogP contribution in [-0.2, 0) is 6.61 Å². The zero-order chi connectivity index (χ0) is 23.5. The van der Waals surface area contributed by atoms with Gasteiger partial charge < -0.3 is 21.5 Å². The second-order valence-electron chi connectivity index (χ2n) is 6.98. The Morgan fingerprint density at radius 3 is 2.42 bits per heavy atom. The third-order valence-electron chi connectivity index (χ3n) is 4.93. The van der Waals surface area contributed by atoms with Gasteiger partial charge >= 0.3 is 0 Å². The molecule has 1 atom stereocenters. The van der Waals surface area contributed by atoms with E-state index in [1.54, 1.807) is 18.3 Å². The van der Waals surface area contributed by atoms with Gasteiger partial charge in [-0.3, -0.25) is 5.32 Å². The number of hydrogen-bond donors (Lipinski definition) is 4. The Hall–Kier alpha value is -4.18. The molecule has 4 rings (SSSR count). The third-order valence-corrected chi connectivity index (χ3v) is 5.56.